The van der Waals surface area contributed by atoms with Crippen molar-refractivity contribution in [2.75, 3.05) is 5.01 Å². The van der Waals surface area contributed by atoms with Gasteiger partial charge in [-0.15, -0.1) is 0 Å². The molecule has 7 nitrogen and oxygen atoms in total. The Morgan fingerprint density at radius 3 is 2.48 bits per heavy atom. The van der Waals surface area contributed by atoms with Crippen LogP contribution in [0.4, 0.5) is 11.4 Å². The van der Waals surface area contributed by atoms with Gasteiger partial charge in [-0.1, -0.05) is 23.8 Å². The number of amides is 2. The minimum absolute atomic E-state index is 0.0859. The number of carbonyl (C=O) groups is 2. The molecule has 0 radical (unpaired) electrons. The van der Waals surface area contributed by atoms with E-state index in [1.807, 2.05) is 19.1 Å². The maximum absolute atomic E-state index is 12.5. The molecule has 1 saturated heterocycles. The largest absolute Gasteiger partial charge is 0.284 e. The van der Waals surface area contributed by atoms with Crippen LogP contribution in [-0.4, -0.2) is 16.7 Å². The molecule has 0 bridgehead atoms. The fraction of sp³-hybridized carbons (Fsp3) is 0.0588. The first-order chi connectivity index (χ1) is 11.9. The summed E-state index contributed by atoms with van der Waals surface area (Å²) in [6.07, 6.45) is 1.34. The summed E-state index contributed by atoms with van der Waals surface area (Å²) in [7, 11) is 0. The molecule has 3 rings (SSSR count). The smallest absolute Gasteiger partial charge is 0.267 e. The van der Waals surface area contributed by atoms with Crippen molar-refractivity contribution in [1.82, 2.24) is 5.43 Å². The molecule has 25 heavy (non-hydrogen) atoms. The van der Waals surface area contributed by atoms with Crippen LogP contribution in [0.25, 0.3) is 6.08 Å². The van der Waals surface area contributed by atoms with E-state index in [9.17, 15) is 19.7 Å². The number of hydrogen-bond donors (Lipinski definition) is 1. The molecule has 0 unspecified atom stereocenters. The van der Waals surface area contributed by atoms with Gasteiger partial charge in [0.05, 0.1) is 15.1 Å². The Bertz CT molecular complexity index is 922. The molecule has 2 aromatic carbocycles. The van der Waals surface area contributed by atoms with Crippen molar-refractivity contribution in [3.8, 4) is 0 Å². The monoisotopic (exact) mass is 401 g/mol. The van der Waals surface area contributed by atoms with Crippen LogP contribution in [0.1, 0.15) is 11.1 Å². The van der Waals surface area contributed by atoms with E-state index in [4.69, 9.17) is 0 Å². The lowest BCUT2D eigenvalue weighted by Gasteiger charge is -2.14. The number of anilines is 1. The molecular weight excluding hydrogens is 390 g/mol. The van der Waals surface area contributed by atoms with Crippen molar-refractivity contribution in [3.63, 3.8) is 0 Å². The van der Waals surface area contributed by atoms with E-state index < -0.39 is 16.7 Å². The van der Waals surface area contributed by atoms with Crippen molar-refractivity contribution in [3.05, 3.63) is 73.8 Å². The third kappa shape index (κ3) is 3.29. The highest BCUT2D eigenvalue weighted by atomic mass is 79.9. The molecule has 0 aromatic heterocycles. The van der Waals surface area contributed by atoms with Gasteiger partial charge in [0.15, 0.2) is 0 Å². The molecule has 0 atom stereocenters. The van der Waals surface area contributed by atoms with E-state index in [1.165, 1.54) is 18.2 Å². The Morgan fingerprint density at radius 1 is 1.16 bits per heavy atom. The Labute approximate surface area is 151 Å². The first-order valence-electron chi connectivity index (χ1n) is 7.24. The second kappa shape index (κ2) is 6.48. The van der Waals surface area contributed by atoms with Crippen molar-refractivity contribution >= 4 is 45.2 Å². The molecule has 0 saturated carbocycles. The summed E-state index contributed by atoms with van der Waals surface area (Å²) in [5, 5.41) is 12.2. The SMILES string of the molecule is Cc1ccc(N2NC(=O)C(=Cc3ccc(Br)c([N+](=O)[O-])c3)C2=O)cc1. The van der Waals surface area contributed by atoms with E-state index >= 15 is 0 Å². The quantitative estimate of drug-likeness (QED) is 0.370. The molecule has 0 spiro atoms. The average Bonchev–Trinajstić information content (AvgIpc) is 2.85. The lowest BCUT2D eigenvalue weighted by atomic mass is 10.1. The van der Waals surface area contributed by atoms with Gasteiger partial charge in [-0.3, -0.25) is 25.1 Å². The Hall–Kier alpha value is -3.00. The molecule has 1 aliphatic heterocycles. The molecule has 126 valence electrons. The number of rotatable bonds is 3. The van der Waals surface area contributed by atoms with Crippen LogP contribution < -0.4 is 10.4 Å². The lowest BCUT2D eigenvalue weighted by molar-refractivity contribution is -0.385. The maximum atomic E-state index is 12.5. The van der Waals surface area contributed by atoms with Gasteiger partial charge in [0.25, 0.3) is 17.5 Å². The number of benzene rings is 2. The van der Waals surface area contributed by atoms with Crippen LogP contribution in [0, 0.1) is 17.0 Å². The summed E-state index contributed by atoms with van der Waals surface area (Å²) in [4.78, 5) is 35.1. The van der Waals surface area contributed by atoms with Crippen LogP contribution >= 0.6 is 15.9 Å². The molecular formula is C17H12BrN3O4. The minimum atomic E-state index is -0.559. The topological polar surface area (TPSA) is 92.6 Å². The zero-order chi connectivity index (χ0) is 18.1. The third-order valence-corrected chi connectivity index (χ3v) is 4.33. The number of halogens is 1. The van der Waals surface area contributed by atoms with Crippen LogP contribution in [0.15, 0.2) is 52.5 Å². The van der Waals surface area contributed by atoms with Gasteiger partial charge in [0, 0.05) is 6.07 Å². The first kappa shape index (κ1) is 16.8. The van der Waals surface area contributed by atoms with E-state index in [0.717, 1.165) is 10.6 Å². The van der Waals surface area contributed by atoms with E-state index in [-0.39, 0.29) is 11.3 Å². The number of hydrogen-bond acceptors (Lipinski definition) is 4. The summed E-state index contributed by atoms with van der Waals surface area (Å²) in [5.74, 6) is -1.07. The van der Waals surface area contributed by atoms with E-state index in [0.29, 0.717) is 15.7 Å². The number of hydrazine groups is 1. The number of aryl methyl sites for hydroxylation is 1. The van der Waals surface area contributed by atoms with Crippen LogP contribution in [0.5, 0.6) is 0 Å². The van der Waals surface area contributed by atoms with Gasteiger partial charge in [0.1, 0.15) is 5.57 Å². The Balaban J connectivity index is 1.95. The van der Waals surface area contributed by atoms with Crippen molar-refractivity contribution in [1.29, 1.82) is 0 Å². The highest BCUT2D eigenvalue weighted by molar-refractivity contribution is 9.10. The number of nitrogens with one attached hydrogen (secondary N) is 1. The molecule has 2 amide bonds. The highest BCUT2D eigenvalue weighted by Gasteiger charge is 2.34. The fourth-order valence-electron chi connectivity index (χ4n) is 2.36. The standard InChI is InChI=1S/C17H12BrN3O4/c1-10-2-5-12(6-3-10)20-17(23)13(16(22)19-20)8-11-4-7-14(18)15(9-11)21(24)25/h2-9H,1H3,(H,19,22). The summed E-state index contributed by atoms with van der Waals surface area (Å²) in [5.41, 5.74) is 4.21. The predicted octanol–water partition coefficient (Wildman–Crippen LogP) is 3.13. The van der Waals surface area contributed by atoms with Gasteiger partial charge >= 0.3 is 0 Å². The molecule has 1 fully saturated rings. The van der Waals surface area contributed by atoms with Gasteiger partial charge in [-0.05, 0) is 52.7 Å². The second-order valence-corrected chi connectivity index (χ2v) is 6.30. The average molecular weight is 402 g/mol. The van der Waals surface area contributed by atoms with Crippen molar-refractivity contribution in [2.45, 2.75) is 6.92 Å². The molecule has 1 aliphatic rings. The van der Waals surface area contributed by atoms with E-state index in [1.54, 1.807) is 18.2 Å². The maximum Gasteiger partial charge on any atom is 0.284 e. The number of nitro benzene ring substituents is 1. The molecule has 1 heterocycles. The van der Waals surface area contributed by atoms with Gasteiger partial charge in [-0.25, -0.2) is 5.01 Å². The predicted molar refractivity (Wildman–Crippen MR) is 95.6 cm³/mol. The molecule has 8 heteroatoms. The minimum Gasteiger partial charge on any atom is -0.267 e. The van der Waals surface area contributed by atoms with Crippen LogP contribution in [0.3, 0.4) is 0 Å². The first-order valence-corrected chi connectivity index (χ1v) is 8.04. The van der Waals surface area contributed by atoms with Crippen molar-refractivity contribution in [2.24, 2.45) is 0 Å². The zero-order valence-corrected chi connectivity index (χ0v) is 14.6. The second-order valence-electron chi connectivity index (χ2n) is 5.44. The van der Waals surface area contributed by atoms with Gasteiger partial charge < -0.3 is 0 Å². The van der Waals surface area contributed by atoms with Crippen molar-refractivity contribution < 1.29 is 14.5 Å². The van der Waals surface area contributed by atoms with Gasteiger partial charge in [0.2, 0.25) is 0 Å². The Kier molecular flexibility index (Phi) is 4.37. The normalized spacial score (nSPS) is 15.6. The van der Waals surface area contributed by atoms with Crippen LogP contribution in [-0.2, 0) is 9.59 Å². The van der Waals surface area contributed by atoms with E-state index in [2.05, 4.69) is 21.4 Å². The zero-order valence-electron chi connectivity index (χ0n) is 13.0. The molecule has 2 aromatic rings. The highest BCUT2D eigenvalue weighted by Crippen LogP contribution is 2.28. The number of nitrogens with zero attached hydrogens (tertiary/aromatic N) is 2. The van der Waals surface area contributed by atoms with Gasteiger partial charge in [-0.2, -0.15) is 0 Å². The summed E-state index contributed by atoms with van der Waals surface area (Å²) >= 11 is 3.10. The summed E-state index contributed by atoms with van der Waals surface area (Å²) in [6, 6.07) is 11.5. The third-order valence-electron chi connectivity index (χ3n) is 3.66. The fourth-order valence-corrected chi connectivity index (χ4v) is 2.75. The lowest BCUT2D eigenvalue weighted by Crippen LogP contribution is -2.35. The number of nitro groups is 1. The van der Waals surface area contributed by atoms with Crippen LogP contribution in [0.2, 0.25) is 0 Å². The molecule has 0 aliphatic carbocycles. The number of carbonyl (C=O) groups excluding carboxylic acids is 2. The Morgan fingerprint density at radius 2 is 1.84 bits per heavy atom. The summed E-state index contributed by atoms with van der Waals surface area (Å²) < 4.78 is 0.322. The molecule has 1 N–H and O–H groups in total. The summed E-state index contributed by atoms with van der Waals surface area (Å²) in [6.45, 7) is 1.92.